The molecule has 4 rings (SSSR count). The number of hydrogen-bond acceptors (Lipinski definition) is 6. The van der Waals surface area contributed by atoms with Crippen molar-refractivity contribution < 1.29 is 0 Å². The highest BCUT2D eigenvalue weighted by Crippen LogP contribution is 2.25. The minimum absolute atomic E-state index is 0.0411. The molecule has 0 fully saturated rings. The summed E-state index contributed by atoms with van der Waals surface area (Å²) >= 11 is 0. The second-order valence-electron chi connectivity index (χ2n) is 7.83. The average molecular weight is 432 g/mol. The fourth-order valence-electron chi connectivity index (χ4n) is 4.05. The van der Waals surface area contributed by atoms with Gasteiger partial charge < -0.3 is 5.32 Å². The highest BCUT2D eigenvalue weighted by Gasteiger charge is 2.25. The van der Waals surface area contributed by atoms with Crippen LogP contribution in [0.15, 0.2) is 65.8 Å². The molecule has 1 atom stereocenters. The number of pyridine rings is 1. The molecule has 4 aromatic rings. The van der Waals surface area contributed by atoms with Crippen molar-refractivity contribution in [3.63, 3.8) is 0 Å². The summed E-state index contributed by atoms with van der Waals surface area (Å²) in [6.07, 6.45) is 6.00. The summed E-state index contributed by atoms with van der Waals surface area (Å²) in [5.41, 5.74) is 2.70. The minimum Gasteiger partial charge on any atom is -0.318 e. The summed E-state index contributed by atoms with van der Waals surface area (Å²) in [5.74, 6) is 0.753. The smallest absolute Gasteiger partial charge is 0.265 e. The summed E-state index contributed by atoms with van der Waals surface area (Å²) in [4.78, 5) is 24.9. The molecule has 0 bridgehead atoms. The highest BCUT2D eigenvalue weighted by atomic mass is 16.1. The van der Waals surface area contributed by atoms with Crippen molar-refractivity contribution in [3.05, 3.63) is 88.4 Å². The van der Waals surface area contributed by atoms with Crippen LogP contribution in [0.1, 0.15) is 36.3 Å². The van der Waals surface area contributed by atoms with Gasteiger partial charge in [-0.05, 0) is 36.7 Å². The molecular formula is C24H29N7O. The number of aromatic nitrogens is 5. The van der Waals surface area contributed by atoms with E-state index in [4.69, 9.17) is 4.98 Å². The van der Waals surface area contributed by atoms with Gasteiger partial charge in [0.25, 0.3) is 5.56 Å². The Bertz CT molecular complexity index is 1190. The second-order valence-corrected chi connectivity index (χ2v) is 7.83. The van der Waals surface area contributed by atoms with E-state index in [0.29, 0.717) is 17.6 Å². The molecule has 3 heterocycles. The van der Waals surface area contributed by atoms with Crippen LogP contribution in [0.25, 0.3) is 11.0 Å². The first-order chi connectivity index (χ1) is 15.7. The Balaban J connectivity index is 1.79. The normalized spacial score (nSPS) is 12.5. The van der Waals surface area contributed by atoms with Crippen LogP contribution in [0.2, 0.25) is 0 Å². The molecule has 0 aliphatic carbocycles. The largest absolute Gasteiger partial charge is 0.318 e. The summed E-state index contributed by atoms with van der Waals surface area (Å²) in [5, 5.41) is 10.7. The van der Waals surface area contributed by atoms with Gasteiger partial charge in [0.2, 0.25) is 0 Å². The number of hydrogen-bond donors (Lipinski definition) is 2. The number of benzene rings is 1. The monoisotopic (exact) mass is 431 g/mol. The number of likely N-dealkylation sites (N-methyl/N-ethyl adjacent to an activating group) is 1. The maximum atomic E-state index is 13.5. The zero-order valence-corrected chi connectivity index (χ0v) is 18.5. The quantitative estimate of drug-likeness (QED) is 0.401. The third kappa shape index (κ3) is 4.76. The Labute approximate surface area is 187 Å². The van der Waals surface area contributed by atoms with Gasteiger partial charge in [-0.15, -0.1) is 0 Å². The molecule has 0 spiro atoms. The van der Waals surface area contributed by atoms with E-state index in [-0.39, 0.29) is 11.6 Å². The number of nitrogens with zero attached hydrogens (tertiary/aromatic N) is 5. The van der Waals surface area contributed by atoms with Crippen LogP contribution in [-0.4, -0.2) is 49.8 Å². The summed E-state index contributed by atoms with van der Waals surface area (Å²) < 4.78 is 1.81. The van der Waals surface area contributed by atoms with Gasteiger partial charge in [0.05, 0.1) is 18.8 Å². The molecule has 0 amide bonds. The van der Waals surface area contributed by atoms with Crippen molar-refractivity contribution in [1.29, 1.82) is 0 Å². The van der Waals surface area contributed by atoms with Crippen LogP contribution >= 0.6 is 0 Å². The van der Waals surface area contributed by atoms with Crippen molar-refractivity contribution in [2.75, 3.05) is 20.1 Å². The van der Waals surface area contributed by atoms with E-state index >= 15 is 0 Å². The fraction of sp³-hybridized carbons (Fsp3) is 0.333. The molecule has 8 nitrogen and oxygen atoms in total. The van der Waals surface area contributed by atoms with Crippen LogP contribution in [0.3, 0.4) is 0 Å². The van der Waals surface area contributed by atoms with E-state index in [0.717, 1.165) is 37.4 Å². The van der Waals surface area contributed by atoms with Crippen LogP contribution in [0.5, 0.6) is 0 Å². The predicted molar refractivity (Wildman–Crippen MR) is 125 cm³/mol. The molecule has 1 aromatic carbocycles. The third-order valence-electron chi connectivity index (χ3n) is 5.69. The Hall–Kier alpha value is -3.36. The van der Waals surface area contributed by atoms with Crippen LogP contribution < -0.4 is 10.9 Å². The zero-order valence-electron chi connectivity index (χ0n) is 18.5. The zero-order chi connectivity index (χ0) is 22.3. The average Bonchev–Trinajstić information content (AvgIpc) is 3.30. The van der Waals surface area contributed by atoms with Gasteiger partial charge in [0.1, 0.15) is 11.2 Å². The van der Waals surface area contributed by atoms with Crippen molar-refractivity contribution in [2.24, 2.45) is 0 Å². The van der Waals surface area contributed by atoms with Gasteiger partial charge in [0.15, 0.2) is 5.65 Å². The van der Waals surface area contributed by atoms with Gasteiger partial charge >= 0.3 is 0 Å². The first-order valence-corrected chi connectivity index (χ1v) is 11.0. The molecule has 0 saturated heterocycles. The lowest BCUT2D eigenvalue weighted by Crippen LogP contribution is -2.38. The van der Waals surface area contributed by atoms with Crippen LogP contribution in [0.4, 0.5) is 0 Å². The van der Waals surface area contributed by atoms with Gasteiger partial charge in [-0.3, -0.25) is 24.3 Å². The van der Waals surface area contributed by atoms with E-state index in [1.54, 1.807) is 10.8 Å². The van der Waals surface area contributed by atoms with Crippen LogP contribution in [-0.2, 0) is 13.1 Å². The van der Waals surface area contributed by atoms with Gasteiger partial charge in [-0.1, -0.05) is 37.3 Å². The van der Waals surface area contributed by atoms with Crippen molar-refractivity contribution in [1.82, 2.24) is 34.9 Å². The molecule has 0 saturated carbocycles. The van der Waals surface area contributed by atoms with Crippen LogP contribution in [0, 0.1) is 0 Å². The molecule has 0 radical (unpaired) electrons. The van der Waals surface area contributed by atoms with Crippen molar-refractivity contribution in [3.8, 4) is 0 Å². The molecule has 2 N–H and O–H groups in total. The number of aromatic amines is 1. The van der Waals surface area contributed by atoms with E-state index in [9.17, 15) is 4.79 Å². The number of H-pyrrole nitrogens is 1. The maximum absolute atomic E-state index is 13.5. The topological polar surface area (TPSA) is 91.7 Å². The molecule has 0 aliphatic heterocycles. The molecule has 166 valence electrons. The summed E-state index contributed by atoms with van der Waals surface area (Å²) in [6.45, 7) is 5.00. The van der Waals surface area contributed by atoms with E-state index in [2.05, 4.69) is 32.3 Å². The van der Waals surface area contributed by atoms with E-state index in [1.165, 1.54) is 5.56 Å². The van der Waals surface area contributed by atoms with Crippen molar-refractivity contribution in [2.45, 2.75) is 32.5 Å². The Morgan fingerprint density at radius 3 is 2.62 bits per heavy atom. The predicted octanol–water partition coefficient (Wildman–Crippen LogP) is 2.74. The first-order valence-electron chi connectivity index (χ1n) is 11.0. The molecular weight excluding hydrogens is 402 g/mol. The lowest BCUT2D eigenvalue weighted by molar-refractivity contribution is 0.172. The van der Waals surface area contributed by atoms with Gasteiger partial charge in [-0.2, -0.15) is 5.10 Å². The Kier molecular flexibility index (Phi) is 7.03. The lowest BCUT2D eigenvalue weighted by atomic mass is 10.1. The number of fused-ring (bicyclic) bond motifs is 1. The Morgan fingerprint density at radius 2 is 1.91 bits per heavy atom. The highest BCUT2D eigenvalue weighted by molar-refractivity contribution is 5.72. The summed E-state index contributed by atoms with van der Waals surface area (Å²) in [7, 11) is 1.95. The summed E-state index contributed by atoms with van der Waals surface area (Å²) in [6, 6.07) is 14.0. The molecule has 1 unspecified atom stereocenters. The molecule has 3 aromatic heterocycles. The third-order valence-corrected chi connectivity index (χ3v) is 5.69. The Morgan fingerprint density at radius 1 is 1.12 bits per heavy atom. The molecule has 0 aliphatic rings. The fourth-order valence-corrected chi connectivity index (χ4v) is 4.05. The molecule has 8 heteroatoms. The van der Waals surface area contributed by atoms with E-state index in [1.807, 2.05) is 61.9 Å². The molecule has 32 heavy (non-hydrogen) atoms. The first kappa shape index (κ1) is 21.9. The van der Waals surface area contributed by atoms with Crippen molar-refractivity contribution >= 4 is 11.0 Å². The van der Waals surface area contributed by atoms with E-state index < -0.39 is 0 Å². The number of rotatable bonds is 10. The maximum Gasteiger partial charge on any atom is 0.265 e. The van der Waals surface area contributed by atoms with Gasteiger partial charge in [0, 0.05) is 32.0 Å². The number of nitrogens with one attached hydrogen (secondary N) is 2. The standard InChI is InChI=1S/C24H29N7O/c1-3-21(30(14-13-25-2)16-19-9-11-26-12-10-19)23-28-22-20(15-27-29-22)24(32)31(23)17-18-7-5-4-6-8-18/h4-12,15,21,25H,3,13-14,16-17H2,1-2H3,(H,27,29). The lowest BCUT2D eigenvalue weighted by Gasteiger charge is -2.32. The van der Waals surface area contributed by atoms with Gasteiger partial charge in [-0.25, -0.2) is 4.98 Å². The SMILES string of the molecule is CCC(c1nc2[nH]ncc2c(=O)n1Cc1ccccc1)N(CCNC)Cc1ccncc1. The second kappa shape index (κ2) is 10.3. The minimum atomic E-state index is -0.0708.